The second kappa shape index (κ2) is 10.4. The van der Waals surface area contributed by atoms with Crippen LogP contribution in [0.25, 0.3) is 0 Å². The number of allylic oxidation sites excluding steroid dienone is 6. The molecule has 0 spiro atoms. The number of carbonyl (C=O) groups is 2. The fraction of sp³-hybridized carbons (Fsp3) is 0.636. The Kier molecular flexibility index (Phi) is 7.79. The van der Waals surface area contributed by atoms with Crippen molar-refractivity contribution < 1.29 is 19.1 Å². The molecule has 6 unspecified atom stereocenters. The first-order valence-corrected chi connectivity index (χ1v) is 14.3. The van der Waals surface area contributed by atoms with Gasteiger partial charge in [0.2, 0.25) is 0 Å². The van der Waals surface area contributed by atoms with Gasteiger partial charge in [-0.2, -0.15) is 0 Å². The number of carbonyl (C=O) groups excluding carboxylic acids is 2. The van der Waals surface area contributed by atoms with Gasteiger partial charge in [-0.05, 0) is 65.2 Å². The summed E-state index contributed by atoms with van der Waals surface area (Å²) >= 11 is 0. The molecule has 4 rings (SSSR count). The predicted octanol–water partition coefficient (Wildman–Crippen LogP) is 7.39. The quantitative estimate of drug-likeness (QED) is 0.254. The van der Waals surface area contributed by atoms with Crippen LogP contribution in [-0.2, 0) is 19.1 Å². The molecule has 0 heterocycles. The van der Waals surface area contributed by atoms with Crippen molar-refractivity contribution in [1.29, 1.82) is 0 Å². The van der Waals surface area contributed by atoms with Crippen LogP contribution in [0.2, 0.25) is 0 Å². The lowest BCUT2D eigenvalue weighted by Crippen LogP contribution is -2.46. The third-order valence-electron chi connectivity index (χ3n) is 9.30. The molecular weight excluding hydrogens is 460 g/mol. The largest absolute Gasteiger partial charge is 0.454 e. The van der Waals surface area contributed by atoms with Gasteiger partial charge in [0.15, 0.2) is 0 Å². The van der Waals surface area contributed by atoms with E-state index in [0.29, 0.717) is 24.7 Å². The van der Waals surface area contributed by atoms with Crippen LogP contribution in [0.3, 0.4) is 0 Å². The molecule has 1 fully saturated rings. The van der Waals surface area contributed by atoms with Crippen LogP contribution in [0.5, 0.6) is 0 Å². The number of ether oxygens (including phenoxy) is 2. The Balaban J connectivity index is 1.54. The summed E-state index contributed by atoms with van der Waals surface area (Å²) in [5.41, 5.74) is 1.18. The van der Waals surface area contributed by atoms with E-state index in [-0.39, 0.29) is 35.6 Å². The van der Waals surface area contributed by atoms with Crippen molar-refractivity contribution in [3.05, 3.63) is 59.8 Å². The minimum absolute atomic E-state index is 0.0259. The molecule has 0 N–H and O–H groups in total. The summed E-state index contributed by atoms with van der Waals surface area (Å²) in [5, 5.41) is 0. The average molecular weight is 507 g/mol. The Morgan fingerprint density at radius 2 is 1.08 bits per heavy atom. The van der Waals surface area contributed by atoms with Crippen molar-refractivity contribution in [2.24, 2.45) is 47.3 Å². The first kappa shape index (κ1) is 27.7. The number of fused-ring (bicyclic) bond motifs is 2. The monoisotopic (exact) mass is 506 g/mol. The molecule has 4 aliphatic carbocycles. The maximum Gasteiger partial charge on any atom is 0.311 e. The van der Waals surface area contributed by atoms with Gasteiger partial charge in [0.1, 0.15) is 11.2 Å². The summed E-state index contributed by atoms with van der Waals surface area (Å²) in [7, 11) is 0. The highest BCUT2D eigenvalue weighted by Crippen LogP contribution is 2.51. The Morgan fingerprint density at radius 3 is 1.35 bits per heavy atom. The summed E-state index contributed by atoms with van der Waals surface area (Å²) < 4.78 is 12.7. The number of rotatable bonds is 8. The highest BCUT2D eigenvalue weighted by Gasteiger charge is 2.55. The Labute approximate surface area is 223 Å². The van der Waals surface area contributed by atoms with Crippen LogP contribution in [0, 0.1) is 47.3 Å². The smallest absolute Gasteiger partial charge is 0.311 e. The van der Waals surface area contributed by atoms with E-state index < -0.39 is 23.0 Å². The molecule has 0 aliphatic heterocycles. The molecule has 0 aromatic rings. The van der Waals surface area contributed by atoms with Gasteiger partial charge < -0.3 is 9.47 Å². The molecule has 4 aliphatic rings. The zero-order valence-corrected chi connectivity index (χ0v) is 24.0. The van der Waals surface area contributed by atoms with Crippen molar-refractivity contribution >= 4 is 11.9 Å². The average Bonchev–Trinajstić information content (AvgIpc) is 3.46. The van der Waals surface area contributed by atoms with Crippen LogP contribution >= 0.6 is 0 Å². The summed E-state index contributed by atoms with van der Waals surface area (Å²) in [6.45, 7) is 17.1. The minimum Gasteiger partial charge on any atom is -0.454 e. The van der Waals surface area contributed by atoms with Crippen molar-refractivity contribution in [2.75, 3.05) is 0 Å². The molecule has 202 valence electrons. The van der Waals surface area contributed by atoms with Gasteiger partial charge in [0, 0.05) is 12.8 Å². The molecule has 4 heteroatoms. The lowest BCUT2D eigenvalue weighted by atomic mass is 9.79. The molecule has 2 bridgehead atoms. The number of hydrogen-bond donors (Lipinski definition) is 0. The zero-order chi connectivity index (χ0) is 27.1. The van der Waals surface area contributed by atoms with Crippen molar-refractivity contribution in [2.45, 2.75) is 85.9 Å². The Hall–Kier alpha value is -2.36. The van der Waals surface area contributed by atoms with Gasteiger partial charge in [-0.3, -0.25) is 9.59 Å². The maximum absolute atomic E-state index is 13.8. The molecule has 37 heavy (non-hydrogen) atoms. The third-order valence-corrected chi connectivity index (χ3v) is 9.30. The zero-order valence-electron chi connectivity index (χ0n) is 24.0. The first-order valence-electron chi connectivity index (χ1n) is 14.3. The Morgan fingerprint density at radius 1 is 0.703 bits per heavy atom. The lowest BCUT2D eigenvalue weighted by Gasteiger charge is -2.40. The van der Waals surface area contributed by atoms with Gasteiger partial charge >= 0.3 is 11.9 Å². The van der Waals surface area contributed by atoms with E-state index in [1.807, 2.05) is 0 Å². The normalized spacial score (nSPS) is 34.5. The molecule has 1 saturated carbocycles. The summed E-state index contributed by atoms with van der Waals surface area (Å²) in [4.78, 5) is 27.7. The fourth-order valence-corrected chi connectivity index (χ4v) is 6.38. The van der Waals surface area contributed by atoms with Gasteiger partial charge in [-0.1, -0.05) is 91.8 Å². The van der Waals surface area contributed by atoms with E-state index in [1.54, 1.807) is 0 Å². The number of esters is 2. The summed E-state index contributed by atoms with van der Waals surface area (Å²) in [5.74, 6) is -0.374. The van der Waals surface area contributed by atoms with Gasteiger partial charge in [-0.25, -0.2) is 0 Å². The topological polar surface area (TPSA) is 52.6 Å². The molecule has 0 amide bonds. The first-order chi connectivity index (χ1) is 17.4. The highest BCUT2D eigenvalue weighted by atomic mass is 16.6. The van der Waals surface area contributed by atoms with Crippen LogP contribution in [0.15, 0.2) is 59.8 Å². The Bertz CT molecular complexity index is 970. The molecular formula is C33H46O4. The molecule has 0 aromatic carbocycles. The van der Waals surface area contributed by atoms with E-state index in [9.17, 15) is 9.59 Å². The van der Waals surface area contributed by atoms with Crippen molar-refractivity contribution in [3.63, 3.8) is 0 Å². The molecule has 0 saturated heterocycles. The van der Waals surface area contributed by atoms with E-state index in [2.05, 4.69) is 104 Å². The van der Waals surface area contributed by atoms with Crippen molar-refractivity contribution in [1.82, 2.24) is 0 Å². The van der Waals surface area contributed by atoms with Crippen LogP contribution < -0.4 is 0 Å². The second-order valence-electron chi connectivity index (χ2n) is 12.9. The van der Waals surface area contributed by atoms with Crippen LogP contribution in [0.4, 0.5) is 0 Å². The van der Waals surface area contributed by atoms with Crippen LogP contribution in [0.1, 0.15) is 74.7 Å². The third kappa shape index (κ3) is 5.18. The molecule has 0 aromatic heterocycles. The van der Waals surface area contributed by atoms with Crippen molar-refractivity contribution in [3.8, 4) is 0 Å². The summed E-state index contributed by atoms with van der Waals surface area (Å²) in [6.07, 6.45) is 19.1. The van der Waals surface area contributed by atoms with Gasteiger partial charge in [-0.15, -0.1) is 0 Å². The fourth-order valence-electron chi connectivity index (χ4n) is 6.38. The molecule has 0 radical (unpaired) electrons. The highest BCUT2D eigenvalue weighted by molar-refractivity contribution is 5.85. The van der Waals surface area contributed by atoms with Gasteiger partial charge in [0.05, 0.1) is 11.8 Å². The van der Waals surface area contributed by atoms with E-state index in [1.165, 1.54) is 11.1 Å². The maximum atomic E-state index is 13.8. The van der Waals surface area contributed by atoms with Gasteiger partial charge in [0.25, 0.3) is 0 Å². The van der Waals surface area contributed by atoms with E-state index in [4.69, 9.17) is 9.47 Å². The SMILES string of the molecule is CC(C)C1=CCC(OC(=O)C2C3C=CC(C3)C2C(=O)OC2(C(C)C)C=CC(C(C)C)=CC2)(C(C)C)C=C1. The van der Waals surface area contributed by atoms with Crippen LogP contribution in [-0.4, -0.2) is 23.1 Å². The summed E-state index contributed by atoms with van der Waals surface area (Å²) in [6, 6.07) is 0. The standard InChI is InChI=1S/C33H46O4/c1-20(2)24-11-15-32(16-12-24,22(5)6)36-30(34)28-26-9-10-27(19-26)29(28)31(35)37-33(23(7)8)17-13-25(14-18-33)21(3)4/h9-15,17,20-23,26-29H,16,18-19H2,1-8H3. The van der Waals surface area contributed by atoms with E-state index >= 15 is 0 Å². The predicted molar refractivity (Wildman–Crippen MR) is 148 cm³/mol. The number of hydrogen-bond acceptors (Lipinski definition) is 4. The molecule has 6 atom stereocenters. The molecule has 4 nitrogen and oxygen atoms in total. The van der Waals surface area contributed by atoms with E-state index in [0.717, 1.165) is 6.42 Å². The second-order valence-corrected chi connectivity index (χ2v) is 12.9. The minimum atomic E-state index is -0.682. The lowest BCUT2D eigenvalue weighted by molar-refractivity contribution is -0.177.